The molecule has 0 aromatic carbocycles. The van der Waals surface area contributed by atoms with Crippen LogP contribution >= 0.6 is 11.3 Å². The van der Waals surface area contributed by atoms with E-state index in [4.69, 9.17) is 4.74 Å². The SMILES string of the molecule is CCc1cc2c(s1)NCCO2. The van der Waals surface area contributed by atoms with Crippen LogP contribution in [0.5, 0.6) is 5.75 Å². The number of anilines is 1. The molecule has 0 spiro atoms. The molecule has 11 heavy (non-hydrogen) atoms. The predicted octanol–water partition coefficient (Wildman–Crippen LogP) is 2.11. The summed E-state index contributed by atoms with van der Waals surface area (Å²) in [5.41, 5.74) is 0. The maximum atomic E-state index is 5.45. The van der Waals surface area contributed by atoms with Crippen molar-refractivity contribution in [3.8, 4) is 5.75 Å². The Bertz CT molecular complexity index is 233. The molecule has 60 valence electrons. The molecule has 1 aliphatic rings. The molecule has 1 N–H and O–H groups in total. The zero-order valence-electron chi connectivity index (χ0n) is 6.52. The van der Waals surface area contributed by atoms with E-state index in [2.05, 4.69) is 18.3 Å². The van der Waals surface area contributed by atoms with E-state index in [1.54, 1.807) is 11.3 Å². The summed E-state index contributed by atoms with van der Waals surface area (Å²) in [6.45, 7) is 3.90. The second kappa shape index (κ2) is 2.74. The van der Waals surface area contributed by atoms with Gasteiger partial charge in [-0.3, -0.25) is 0 Å². The molecule has 0 radical (unpaired) electrons. The fraction of sp³-hybridized carbons (Fsp3) is 0.500. The number of rotatable bonds is 1. The minimum absolute atomic E-state index is 0.798. The van der Waals surface area contributed by atoms with E-state index in [1.165, 1.54) is 9.88 Å². The van der Waals surface area contributed by atoms with Gasteiger partial charge in [0.1, 0.15) is 11.6 Å². The van der Waals surface area contributed by atoms with Gasteiger partial charge in [0.05, 0.1) is 0 Å². The van der Waals surface area contributed by atoms with Crippen molar-refractivity contribution in [2.45, 2.75) is 13.3 Å². The van der Waals surface area contributed by atoms with E-state index in [0.717, 1.165) is 25.3 Å². The molecule has 0 fully saturated rings. The van der Waals surface area contributed by atoms with Crippen LogP contribution in [0.2, 0.25) is 0 Å². The average Bonchev–Trinajstić information content (AvgIpc) is 2.46. The molecule has 0 saturated carbocycles. The van der Waals surface area contributed by atoms with E-state index in [9.17, 15) is 0 Å². The molecule has 1 aromatic heterocycles. The van der Waals surface area contributed by atoms with Crippen molar-refractivity contribution < 1.29 is 4.74 Å². The summed E-state index contributed by atoms with van der Waals surface area (Å²) < 4.78 is 5.45. The Labute approximate surface area is 70.2 Å². The summed E-state index contributed by atoms with van der Waals surface area (Å²) in [6.07, 6.45) is 1.10. The molecule has 0 aliphatic carbocycles. The first-order valence-corrected chi connectivity index (χ1v) is 4.71. The van der Waals surface area contributed by atoms with Gasteiger partial charge >= 0.3 is 0 Å². The zero-order chi connectivity index (χ0) is 7.68. The van der Waals surface area contributed by atoms with Crippen molar-refractivity contribution in [3.63, 3.8) is 0 Å². The van der Waals surface area contributed by atoms with Crippen LogP contribution in [0, 0.1) is 0 Å². The van der Waals surface area contributed by atoms with Gasteiger partial charge in [0.15, 0.2) is 5.75 Å². The van der Waals surface area contributed by atoms with Crippen molar-refractivity contribution in [1.29, 1.82) is 0 Å². The second-order valence-corrected chi connectivity index (χ2v) is 3.67. The molecule has 2 rings (SSSR count). The molecule has 2 nitrogen and oxygen atoms in total. The van der Waals surface area contributed by atoms with E-state index >= 15 is 0 Å². The predicted molar refractivity (Wildman–Crippen MR) is 47.7 cm³/mol. The fourth-order valence-corrected chi connectivity index (χ4v) is 2.12. The van der Waals surface area contributed by atoms with Gasteiger partial charge in [-0.05, 0) is 12.5 Å². The van der Waals surface area contributed by atoms with Gasteiger partial charge in [0.2, 0.25) is 0 Å². The largest absolute Gasteiger partial charge is 0.489 e. The third kappa shape index (κ3) is 1.20. The average molecular weight is 169 g/mol. The van der Waals surface area contributed by atoms with Crippen LogP contribution in [0.25, 0.3) is 0 Å². The number of aryl methyl sites for hydroxylation is 1. The van der Waals surface area contributed by atoms with Crippen molar-refractivity contribution >= 4 is 16.3 Å². The van der Waals surface area contributed by atoms with Crippen LogP contribution in [-0.2, 0) is 6.42 Å². The third-order valence-corrected chi connectivity index (χ3v) is 2.96. The molecule has 0 unspecified atom stereocenters. The number of hydrogen-bond acceptors (Lipinski definition) is 3. The third-order valence-electron chi connectivity index (χ3n) is 1.74. The van der Waals surface area contributed by atoms with Crippen LogP contribution in [0.15, 0.2) is 6.07 Å². The summed E-state index contributed by atoms with van der Waals surface area (Å²) in [5, 5.41) is 4.51. The first-order valence-electron chi connectivity index (χ1n) is 3.89. The smallest absolute Gasteiger partial charge is 0.153 e. The van der Waals surface area contributed by atoms with Crippen LogP contribution in [0.1, 0.15) is 11.8 Å². The van der Waals surface area contributed by atoms with Gasteiger partial charge in [-0.1, -0.05) is 6.92 Å². The highest BCUT2D eigenvalue weighted by molar-refractivity contribution is 7.16. The number of thiophene rings is 1. The Balaban J connectivity index is 2.32. The summed E-state index contributed by atoms with van der Waals surface area (Å²) in [5.74, 6) is 1.04. The van der Waals surface area contributed by atoms with Crippen LogP contribution in [0.4, 0.5) is 5.00 Å². The molecule has 0 amide bonds. The zero-order valence-corrected chi connectivity index (χ0v) is 7.33. The normalized spacial score (nSPS) is 15.0. The highest BCUT2D eigenvalue weighted by atomic mass is 32.1. The van der Waals surface area contributed by atoms with Crippen molar-refractivity contribution in [2.24, 2.45) is 0 Å². The van der Waals surface area contributed by atoms with E-state index in [0.29, 0.717) is 0 Å². The maximum absolute atomic E-state index is 5.45. The lowest BCUT2D eigenvalue weighted by atomic mass is 10.3. The van der Waals surface area contributed by atoms with E-state index < -0.39 is 0 Å². The molecule has 1 aromatic rings. The minimum atomic E-state index is 0.798. The monoisotopic (exact) mass is 169 g/mol. The number of ether oxygens (including phenoxy) is 1. The Morgan fingerprint density at radius 3 is 3.36 bits per heavy atom. The van der Waals surface area contributed by atoms with Gasteiger partial charge in [0, 0.05) is 11.4 Å². The standard InChI is InChI=1S/C8H11NOS/c1-2-6-5-7-8(11-6)9-3-4-10-7/h5,9H,2-4H2,1H3. The number of hydrogen-bond donors (Lipinski definition) is 1. The molecular weight excluding hydrogens is 158 g/mol. The van der Waals surface area contributed by atoms with E-state index in [-0.39, 0.29) is 0 Å². The van der Waals surface area contributed by atoms with Crippen molar-refractivity contribution in [1.82, 2.24) is 0 Å². The van der Waals surface area contributed by atoms with Crippen LogP contribution < -0.4 is 10.1 Å². The summed E-state index contributed by atoms with van der Waals surface area (Å²) in [4.78, 5) is 1.39. The maximum Gasteiger partial charge on any atom is 0.153 e. The van der Waals surface area contributed by atoms with Crippen molar-refractivity contribution in [3.05, 3.63) is 10.9 Å². The first-order chi connectivity index (χ1) is 5.40. The Morgan fingerprint density at radius 1 is 1.73 bits per heavy atom. The Hall–Kier alpha value is -0.700. The van der Waals surface area contributed by atoms with Gasteiger partial charge in [-0.25, -0.2) is 0 Å². The number of nitrogens with one attached hydrogen (secondary N) is 1. The van der Waals surface area contributed by atoms with Gasteiger partial charge in [-0.2, -0.15) is 0 Å². The Morgan fingerprint density at radius 2 is 2.64 bits per heavy atom. The Kier molecular flexibility index (Phi) is 1.74. The van der Waals surface area contributed by atoms with Crippen LogP contribution in [-0.4, -0.2) is 13.2 Å². The van der Waals surface area contributed by atoms with Gasteiger partial charge in [-0.15, -0.1) is 11.3 Å². The molecule has 3 heteroatoms. The molecule has 0 bridgehead atoms. The van der Waals surface area contributed by atoms with Crippen molar-refractivity contribution in [2.75, 3.05) is 18.5 Å². The van der Waals surface area contributed by atoms with Crippen LogP contribution in [0.3, 0.4) is 0 Å². The highest BCUT2D eigenvalue weighted by Crippen LogP contribution is 2.36. The lowest BCUT2D eigenvalue weighted by molar-refractivity contribution is 0.325. The van der Waals surface area contributed by atoms with Gasteiger partial charge in [0.25, 0.3) is 0 Å². The summed E-state index contributed by atoms with van der Waals surface area (Å²) in [6, 6.07) is 2.13. The molecular formula is C8H11NOS. The molecule has 1 aliphatic heterocycles. The highest BCUT2D eigenvalue weighted by Gasteiger charge is 2.12. The molecule has 0 atom stereocenters. The molecule has 0 saturated heterocycles. The lowest BCUT2D eigenvalue weighted by Gasteiger charge is -2.13. The summed E-state index contributed by atoms with van der Waals surface area (Å²) >= 11 is 1.80. The summed E-state index contributed by atoms with van der Waals surface area (Å²) in [7, 11) is 0. The quantitative estimate of drug-likeness (QED) is 0.695. The minimum Gasteiger partial charge on any atom is -0.489 e. The topological polar surface area (TPSA) is 21.3 Å². The second-order valence-electron chi connectivity index (χ2n) is 2.53. The van der Waals surface area contributed by atoms with Gasteiger partial charge < -0.3 is 10.1 Å². The lowest BCUT2D eigenvalue weighted by Crippen LogP contribution is -2.15. The first kappa shape index (κ1) is 6.98. The molecule has 2 heterocycles. The number of fused-ring (bicyclic) bond motifs is 1. The fourth-order valence-electron chi connectivity index (χ4n) is 1.15. The van der Waals surface area contributed by atoms with E-state index in [1.807, 2.05) is 0 Å².